The number of anilines is 1. The summed E-state index contributed by atoms with van der Waals surface area (Å²) < 4.78 is 60.9. The predicted octanol–water partition coefficient (Wildman–Crippen LogP) is 3.00. The van der Waals surface area contributed by atoms with Crippen molar-refractivity contribution in [2.24, 2.45) is 0 Å². The highest BCUT2D eigenvalue weighted by molar-refractivity contribution is 7.86. The first kappa shape index (κ1) is 18.3. The van der Waals surface area contributed by atoms with Crippen molar-refractivity contribution in [1.82, 2.24) is 0 Å². The van der Waals surface area contributed by atoms with E-state index in [9.17, 15) is 22.0 Å². The molecule has 0 aromatic heterocycles. The number of hydrogen-bond donors (Lipinski definition) is 0. The van der Waals surface area contributed by atoms with E-state index < -0.39 is 40.6 Å². The molecule has 0 N–H and O–H groups in total. The van der Waals surface area contributed by atoms with Crippen LogP contribution in [-0.2, 0) is 19.0 Å². The third-order valence-electron chi connectivity index (χ3n) is 3.75. The molecule has 26 heavy (non-hydrogen) atoms. The van der Waals surface area contributed by atoms with Crippen LogP contribution in [0.25, 0.3) is 0 Å². The van der Waals surface area contributed by atoms with E-state index in [0.717, 1.165) is 22.6 Å². The molecule has 0 aliphatic carbocycles. The molecule has 1 unspecified atom stereocenters. The van der Waals surface area contributed by atoms with Gasteiger partial charge >= 0.3 is 6.09 Å². The molecule has 3 rings (SSSR count). The number of halogens is 2. The fourth-order valence-corrected chi connectivity index (χ4v) is 3.39. The summed E-state index contributed by atoms with van der Waals surface area (Å²) in [5, 5.41) is 0. The smallest absolute Gasteiger partial charge is 0.414 e. The Morgan fingerprint density at radius 1 is 1.15 bits per heavy atom. The molecule has 2 aromatic rings. The average molecular weight is 383 g/mol. The largest absolute Gasteiger partial charge is 0.441 e. The van der Waals surface area contributed by atoms with E-state index in [1.165, 1.54) is 12.1 Å². The van der Waals surface area contributed by atoms with Gasteiger partial charge in [0.2, 0.25) is 0 Å². The van der Waals surface area contributed by atoms with Gasteiger partial charge < -0.3 is 4.74 Å². The van der Waals surface area contributed by atoms with E-state index in [-0.39, 0.29) is 17.1 Å². The number of carbonyl (C=O) groups excluding carboxylic acids is 1. The molecule has 1 atom stereocenters. The van der Waals surface area contributed by atoms with Crippen LogP contribution in [0.2, 0.25) is 0 Å². The van der Waals surface area contributed by atoms with Gasteiger partial charge in [0.05, 0.1) is 17.1 Å². The van der Waals surface area contributed by atoms with E-state index in [4.69, 9.17) is 8.92 Å². The number of ether oxygens (including phenoxy) is 1. The Bertz CT molecular complexity index is 910. The topological polar surface area (TPSA) is 72.9 Å². The van der Waals surface area contributed by atoms with E-state index in [0.29, 0.717) is 6.07 Å². The third-order valence-corrected chi connectivity index (χ3v) is 5.05. The maximum Gasteiger partial charge on any atom is 0.414 e. The lowest BCUT2D eigenvalue weighted by atomic mass is 10.2. The van der Waals surface area contributed by atoms with Crippen LogP contribution >= 0.6 is 0 Å². The molecule has 1 aliphatic heterocycles. The maximum absolute atomic E-state index is 13.3. The number of rotatable bonds is 5. The fraction of sp³-hybridized carbons (Fsp3) is 0.235. The van der Waals surface area contributed by atoms with Crippen LogP contribution in [0.1, 0.15) is 5.56 Å². The summed E-state index contributed by atoms with van der Waals surface area (Å²) in [6.45, 7) is 1.32. The first-order chi connectivity index (χ1) is 12.2. The first-order valence-electron chi connectivity index (χ1n) is 7.65. The second-order valence-corrected chi connectivity index (χ2v) is 7.41. The monoisotopic (exact) mass is 383 g/mol. The second-order valence-electron chi connectivity index (χ2n) is 5.80. The Hall–Kier alpha value is -2.52. The van der Waals surface area contributed by atoms with Gasteiger partial charge in [0.25, 0.3) is 10.1 Å². The van der Waals surface area contributed by atoms with Crippen LogP contribution in [0.5, 0.6) is 0 Å². The van der Waals surface area contributed by atoms with Gasteiger partial charge in [-0.2, -0.15) is 8.42 Å². The summed E-state index contributed by atoms with van der Waals surface area (Å²) in [6, 6.07) is 8.73. The van der Waals surface area contributed by atoms with E-state index in [1.54, 1.807) is 12.1 Å². The highest BCUT2D eigenvalue weighted by atomic mass is 32.2. The van der Waals surface area contributed by atoms with Crippen molar-refractivity contribution in [3.63, 3.8) is 0 Å². The molecular formula is C17H15F2NO5S. The SMILES string of the molecule is Cc1ccc(S(=O)(=O)OCC2CN(c3cc(F)cc(F)c3)C(=O)O2)cc1. The number of amides is 1. The summed E-state index contributed by atoms with van der Waals surface area (Å²) >= 11 is 0. The first-order valence-corrected chi connectivity index (χ1v) is 9.06. The van der Waals surface area contributed by atoms with Crippen molar-refractivity contribution in [3.8, 4) is 0 Å². The summed E-state index contributed by atoms with van der Waals surface area (Å²) in [6.07, 6.45) is -1.73. The average Bonchev–Trinajstić information content (AvgIpc) is 2.94. The van der Waals surface area contributed by atoms with Crippen LogP contribution in [-0.4, -0.2) is 33.8 Å². The lowest BCUT2D eigenvalue weighted by Gasteiger charge is -2.13. The summed E-state index contributed by atoms with van der Waals surface area (Å²) in [7, 11) is -4.01. The Morgan fingerprint density at radius 2 is 1.77 bits per heavy atom. The van der Waals surface area contributed by atoms with Crippen LogP contribution in [0.15, 0.2) is 47.4 Å². The highest BCUT2D eigenvalue weighted by Gasteiger charge is 2.34. The van der Waals surface area contributed by atoms with Crippen LogP contribution in [0, 0.1) is 18.6 Å². The van der Waals surface area contributed by atoms with Crippen molar-refractivity contribution in [2.75, 3.05) is 18.1 Å². The molecule has 1 fully saturated rings. The minimum Gasteiger partial charge on any atom is -0.441 e. The molecular weight excluding hydrogens is 368 g/mol. The molecule has 0 bridgehead atoms. The zero-order chi connectivity index (χ0) is 18.9. The number of cyclic esters (lactones) is 1. The molecule has 0 radical (unpaired) electrons. The van der Waals surface area contributed by atoms with Crippen LogP contribution < -0.4 is 4.90 Å². The molecule has 138 valence electrons. The Kier molecular flexibility index (Phi) is 4.92. The molecule has 1 aliphatic rings. The quantitative estimate of drug-likeness (QED) is 0.742. The van der Waals surface area contributed by atoms with Crippen molar-refractivity contribution >= 4 is 21.9 Å². The minimum atomic E-state index is -4.01. The van der Waals surface area contributed by atoms with Crippen molar-refractivity contribution in [2.45, 2.75) is 17.9 Å². The predicted molar refractivity (Wildman–Crippen MR) is 88.3 cm³/mol. The maximum atomic E-state index is 13.3. The minimum absolute atomic E-state index is 0.0171. The van der Waals surface area contributed by atoms with Crippen molar-refractivity contribution < 1.29 is 30.9 Å². The number of nitrogens with zero attached hydrogens (tertiary/aromatic N) is 1. The standard InChI is InChI=1S/C17H15F2NO5S/c1-11-2-4-16(5-3-11)26(22,23)24-10-15-9-20(17(21)25-15)14-7-12(18)6-13(19)8-14/h2-8,15H,9-10H2,1H3. The number of hydrogen-bond acceptors (Lipinski definition) is 5. The third kappa shape index (κ3) is 4.00. The lowest BCUT2D eigenvalue weighted by Crippen LogP contribution is -2.26. The fourth-order valence-electron chi connectivity index (χ4n) is 2.45. The van der Waals surface area contributed by atoms with Gasteiger partial charge in [-0.15, -0.1) is 0 Å². The normalized spacial score (nSPS) is 17.4. The van der Waals surface area contributed by atoms with Gasteiger partial charge in [0, 0.05) is 6.07 Å². The molecule has 0 saturated carbocycles. The zero-order valence-corrected chi connectivity index (χ0v) is 14.5. The molecule has 1 amide bonds. The van der Waals surface area contributed by atoms with E-state index in [1.807, 2.05) is 6.92 Å². The Morgan fingerprint density at radius 3 is 2.38 bits per heavy atom. The van der Waals surface area contributed by atoms with Gasteiger partial charge in [-0.1, -0.05) is 17.7 Å². The molecule has 2 aromatic carbocycles. The number of carbonyl (C=O) groups is 1. The number of aryl methyl sites for hydroxylation is 1. The Balaban J connectivity index is 1.67. The molecule has 0 spiro atoms. The number of benzene rings is 2. The van der Waals surface area contributed by atoms with Crippen molar-refractivity contribution in [1.29, 1.82) is 0 Å². The molecule has 1 saturated heterocycles. The van der Waals surface area contributed by atoms with Gasteiger partial charge in [0.15, 0.2) is 0 Å². The van der Waals surface area contributed by atoms with Gasteiger partial charge in [0.1, 0.15) is 24.3 Å². The zero-order valence-electron chi connectivity index (χ0n) is 13.7. The summed E-state index contributed by atoms with van der Waals surface area (Å²) in [4.78, 5) is 12.9. The van der Waals surface area contributed by atoms with Crippen LogP contribution in [0.3, 0.4) is 0 Å². The summed E-state index contributed by atoms with van der Waals surface area (Å²) in [5.41, 5.74) is 0.878. The lowest BCUT2D eigenvalue weighted by molar-refractivity contribution is 0.107. The highest BCUT2D eigenvalue weighted by Crippen LogP contribution is 2.24. The molecule has 9 heteroatoms. The molecule has 1 heterocycles. The Labute approximate surface area is 149 Å². The van der Waals surface area contributed by atoms with E-state index >= 15 is 0 Å². The van der Waals surface area contributed by atoms with E-state index in [2.05, 4.69) is 0 Å². The van der Waals surface area contributed by atoms with Crippen LogP contribution in [0.4, 0.5) is 19.3 Å². The van der Waals surface area contributed by atoms with Gasteiger partial charge in [-0.3, -0.25) is 9.08 Å². The van der Waals surface area contributed by atoms with Gasteiger partial charge in [-0.25, -0.2) is 13.6 Å². The summed E-state index contributed by atoms with van der Waals surface area (Å²) in [5.74, 6) is -1.68. The van der Waals surface area contributed by atoms with Gasteiger partial charge in [-0.05, 0) is 31.2 Å². The molecule has 6 nitrogen and oxygen atoms in total. The van der Waals surface area contributed by atoms with Crippen molar-refractivity contribution in [3.05, 3.63) is 59.7 Å². The second kappa shape index (κ2) is 7.00.